The molecule has 1 aromatic heterocycles. The van der Waals surface area contributed by atoms with Crippen LogP contribution in [0.15, 0.2) is 16.5 Å². The smallest absolute Gasteiger partial charge is 0.410 e. The predicted octanol–water partition coefficient (Wildman–Crippen LogP) is 2.30. The van der Waals surface area contributed by atoms with Gasteiger partial charge in [0.1, 0.15) is 17.1 Å². The predicted molar refractivity (Wildman–Crippen MR) is 71.9 cm³/mol. The van der Waals surface area contributed by atoms with Gasteiger partial charge in [0.15, 0.2) is 0 Å². The third-order valence-electron chi connectivity index (χ3n) is 2.89. The van der Waals surface area contributed by atoms with Gasteiger partial charge in [0, 0.05) is 19.1 Å². The van der Waals surface area contributed by atoms with E-state index in [2.05, 4.69) is 5.32 Å². The summed E-state index contributed by atoms with van der Waals surface area (Å²) in [5.74, 6) is 1.84. The number of ether oxygens (including phenoxy) is 1. The fourth-order valence-electron chi connectivity index (χ4n) is 1.91. The van der Waals surface area contributed by atoms with Gasteiger partial charge in [-0.1, -0.05) is 0 Å². The van der Waals surface area contributed by atoms with Crippen molar-refractivity contribution in [1.29, 1.82) is 0 Å². The number of aryl methyl sites for hydroxylation is 1. The van der Waals surface area contributed by atoms with E-state index in [1.807, 2.05) is 39.8 Å². The molecule has 0 saturated carbocycles. The zero-order valence-corrected chi connectivity index (χ0v) is 12.0. The molecule has 106 valence electrons. The molecule has 1 aliphatic heterocycles. The van der Waals surface area contributed by atoms with Crippen LogP contribution in [0, 0.1) is 6.92 Å². The summed E-state index contributed by atoms with van der Waals surface area (Å²) in [4.78, 5) is 13.4. The zero-order valence-electron chi connectivity index (χ0n) is 12.0. The van der Waals surface area contributed by atoms with E-state index >= 15 is 0 Å². The van der Waals surface area contributed by atoms with Gasteiger partial charge in [-0.15, -0.1) is 0 Å². The Morgan fingerprint density at radius 3 is 2.68 bits per heavy atom. The number of furan rings is 1. The molecule has 19 heavy (non-hydrogen) atoms. The lowest BCUT2D eigenvalue weighted by Gasteiger charge is -2.40. The monoisotopic (exact) mass is 266 g/mol. The SMILES string of the molecule is Cc1ccc(CNC2CN(C(=O)OC(C)(C)C)C2)o1. The van der Waals surface area contributed by atoms with Crippen LogP contribution in [0.4, 0.5) is 4.79 Å². The van der Waals surface area contributed by atoms with Crippen molar-refractivity contribution in [3.8, 4) is 0 Å². The van der Waals surface area contributed by atoms with Crippen LogP contribution in [0.5, 0.6) is 0 Å². The summed E-state index contributed by atoms with van der Waals surface area (Å²) in [6, 6.07) is 4.23. The lowest BCUT2D eigenvalue weighted by atomic mass is 10.1. The van der Waals surface area contributed by atoms with Crippen molar-refractivity contribution >= 4 is 6.09 Å². The molecule has 0 radical (unpaired) electrons. The molecule has 1 amide bonds. The van der Waals surface area contributed by atoms with E-state index < -0.39 is 5.60 Å². The van der Waals surface area contributed by atoms with Gasteiger partial charge < -0.3 is 19.4 Å². The molecule has 2 rings (SSSR count). The second kappa shape index (κ2) is 5.25. The Morgan fingerprint density at radius 2 is 2.16 bits per heavy atom. The number of carbonyl (C=O) groups is 1. The van der Waals surface area contributed by atoms with Crippen LogP contribution >= 0.6 is 0 Å². The van der Waals surface area contributed by atoms with Gasteiger partial charge in [-0.2, -0.15) is 0 Å². The highest BCUT2D eigenvalue weighted by atomic mass is 16.6. The van der Waals surface area contributed by atoms with Crippen LogP contribution in [0.2, 0.25) is 0 Å². The van der Waals surface area contributed by atoms with Gasteiger partial charge in [0.2, 0.25) is 0 Å². The van der Waals surface area contributed by atoms with Gasteiger partial charge >= 0.3 is 6.09 Å². The summed E-state index contributed by atoms with van der Waals surface area (Å²) < 4.78 is 10.8. The number of likely N-dealkylation sites (tertiary alicyclic amines) is 1. The summed E-state index contributed by atoms with van der Waals surface area (Å²) >= 11 is 0. The number of nitrogens with one attached hydrogen (secondary N) is 1. The first-order valence-electron chi connectivity index (χ1n) is 6.60. The quantitative estimate of drug-likeness (QED) is 0.912. The van der Waals surface area contributed by atoms with Gasteiger partial charge in [0.25, 0.3) is 0 Å². The maximum Gasteiger partial charge on any atom is 0.410 e. The molecule has 0 bridgehead atoms. The lowest BCUT2D eigenvalue weighted by molar-refractivity contribution is 0.00505. The molecule has 0 spiro atoms. The van der Waals surface area contributed by atoms with E-state index in [0.717, 1.165) is 11.5 Å². The van der Waals surface area contributed by atoms with Crippen molar-refractivity contribution in [2.75, 3.05) is 13.1 Å². The number of hydrogen-bond acceptors (Lipinski definition) is 4. The Kier molecular flexibility index (Phi) is 3.85. The highest BCUT2D eigenvalue weighted by Gasteiger charge is 2.33. The summed E-state index contributed by atoms with van der Waals surface area (Å²) in [5.41, 5.74) is -0.429. The molecule has 1 fully saturated rings. The van der Waals surface area contributed by atoms with Crippen LogP contribution in [-0.4, -0.2) is 35.7 Å². The minimum Gasteiger partial charge on any atom is -0.465 e. The minimum absolute atomic E-state index is 0.237. The number of amides is 1. The van der Waals surface area contributed by atoms with Gasteiger partial charge in [0.05, 0.1) is 6.54 Å². The molecular weight excluding hydrogens is 244 g/mol. The molecule has 1 aromatic rings. The normalized spacial score (nSPS) is 16.3. The molecule has 1 aliphatic rings. The second-order valence-electron chi connectivity index (χ2n) is 5.98. The zero-order chi connectivity index (χ0) is 14.0. The van der Waals surface area contributed by atoms with Crippen molar-refractivity contribution in [3.63, 3.8) is 0 Å². The van der Waals surface area contributed by atoms with Gasteiger partial charge in [-0.05, 0) is 39.8 Å². The van der Waals surface area contributed by atoms with Crippen LogP contribution < -0.4 is 5.32 Å². The van der Waals surface area contributed by atoms with Crippen LogP contribution in [0.1, 0.15) is 32.3 Å². The summed E-state index contributed by atoms with van der Waals surface area (Å²) in [7, 11) is 0. The van der Waals surface area contributed by atoms with Crippen LogP contribution in [0.3, 0.4) is 0 Å². The van der Waals surface area contributed by atoms with E-state index in [0.29, 0.717) is 25.7 Å². The van der Waals surface area contributed by atoms with Crippen LogP contribution in [0.25, 0.3) is 0 Å². The van der Waals surface area contributed by atoms with E-state index in [1.165, 1.54) is 0 Å². The van der Waals surface area contributed by atoms with E-state index in [4.69, 9.17) is 9.15 Å². The van der Waals surface area contributed by atoms with Crippen molar-refractivity contribution in [2.45, 2.75) is 45.9 Å². The first-order chi connectivity index (χ1) is 8.83. The van der Waals surface area contributed by atoms with Crippen molar-refractivity contribution in [3.05, 3.63) is 23.7 Å². The minimum atomic E-state index is -0.429. The molecule has 0 atom stereocenters. The molecule has 5 heteroatoms. The summed E-state index contributed by atoms with van der Waals surface area (Å²) in [6.45, 7) is 9.62. The van der Waals surface area contributed by atoms with Crippen molar-refractivity contribution in [1.82, 2.24) is 10.2 Å². The molecule has 2 heterocycles. The third-order valence-corrected chi connectivity index (χ3v) is 2.89. The Hall–Kier alpha value is -1.49. The van der Waals surface area contributed by atoms with E-state index in [9.17, 15) is 4.79 Å². The number of nitrogens with zero attached hydrogens (tertiary/aromatic N) is 1. The first kappa shape index (κ1) is 13.9. The average Bonchev–Trinajstić information content (AvgIpc) is 2.59. The molecule has 0 aromatic carbocycles. The summed E-state index contributed by atoms with van der Waals surface area (Å²) in [5, 5.41) is 3.35. The maximum atomic E-state index is 11.7. The second-order valence-corrected chi connectivity index (χ2v) is 5.98. The van der Waals surface area contributed by atoms with Crippen LogP contribution in [-0.2, 0) is 11.3 Å². The van der Waals surface area contributed by atoms with Gasteiger partial charge in [-0.25, -0.2) is 4.79 Å². The molecular formula is C14H22N2O3. The maximum absolute atomic E-state index is 11.7. The highest BCUT2D eigenvalue weighted by Crippen LogP contribution is 2.15. The Balaban J connectivity index is 1.67. The Labute approximate surface area is 113 Å². The fourth-order valence-corrected chi connectivity index (χ4v) is 1.91. The molecule has 0 unspecified atom stereocenters. The standard InChI is InChI=1S/C14H22N2O3/c1-10-5-6-12(18-10)7-15-11-8-16(9-11)13(17)19-14(2,3)4/h5-6,11,15H,7-9H2,1-4H3. The molecule has 0 aliphatic carbocycles. The molecule has 5 nitrogen and oxygen atoms in total. The summed E-state index contributed by atoms with van der Waals surface area (Å²) in [6.07, 6.45) is -0.237. The van der Waals surface area contributed by atoms with Crippen molar-refractivity contribution < 1.29 is 13.9 Å². The lowest BCUT2D eigenvalue weighted by Crippen LogP contribution is -2.60. The van der Waals surface area contributed by atoms with Gasteiger partial charge in [-0.3, -0.25) is 0 Å². The molecule has 1 saturated heterocycles. The third kappa shape index (κ3) is 3.99. The van der Waals surface area contributed by atoms with E-state index in [1.54, 1.807) is 4.90 Å². The Morgan fingerprint density at radius 1 is 1.47 bits per heavy atom. The topological polar surface area (TPSA) is 54.7 Å². The largest absolute Gasteiger partial charge is 0.465 e. The van der Waals surface area contributed by atoms with E-state index in [-0.39, 0.29) is 6.09 Å². The fraction of sp³-hybridized carbons (Fsp3) is 0.643. The first-order valence-corrected chi connectivity index (χ1v) is 6.60. The Bertz CT molecular complexity index is 442. The van der Waals surface area contributed by atoms with Crippen molar-refractivity contribution in [2.24, 2.45) is 0 Å². The number of hydrogen-bond donors (Lipinski definition) is 1. The average molecular weight is 266 g/mol. The number of rotatable bonds is 3. The molecule has 1 N–H and O–H groups in total. The number of carbonyl (C=O) groups excluding carboxylic acids is 1. The highest BCUT2D eigenvalue weighted by molar-refractivity contribution is 5.69.